The van der Waals surface area contributed by atoms with Crippen LogP contribution in [0.1, 0.15) is 66.7 Å². The summed E-state index contributed by atoms with van der Waals surface area (Å²) in [7, 11) is 0. The topological polar surface area (TPSA) is 15.3 Å². The molecule has 18 heavy (non-hydrogen) atoms. The van der Waals surface area contributed by atoms with Gasteiger partial charge in [0.25, 0.3) is 0 Å². The van der Waals surface area contributed by atoms with Gasteiger partial charge in [-0.25, -0.2) is 0 Å². The largest absolute Gasteiger partial charge is 0.315 e. The Kier molecular flexibility index (Phi) is 11.9. The summed E-state index contributed by atoms with van der Waals surface area (Å²) in [6.45, 7) is 16.3. The van der Waals surface area contributed by atoms with Crippen molar-refractivity contribution in [1.29, 1.82) is 0 Å². The lowest BCUT2D eigenvalue weighted by atomic mass is 10.0. The van der Waals surface area contributed by atoms with Crippen molar-refractivity contribution < 1.29 is 0 Å². The molecule has 0 aromatic rings. The summed E-state index contributed by atoms with van der Waals surface area (Å²) in [6, 6.07) is 0.631. The minimum absolute atomic E-state index is 0.631. The zero-order valence-corrected chi connectivity index (χ0v) is 13.5. The Labute approximate surface area is 116 Å². The van der Waals surface area contributed by atoms with Crippen LogP contribution in [-0.2, 0) is 0 Å². The zero-order chi connectivity index (χ0) is 13.8. The molecule has 0 aliphatic rings. The smallest absolute Gasteiger partial charge is 0.00103 e. The Morgan fingerprint density at radius 1 is 0.944 bits per heavy atom. The van der Waals surface area contributed by atoms with Crippen molar-refractivity contribution >= 4 is 0 Å². The van der Waals surface area contributed by atoms with Crippen LogP contribution in [-0.4, -0.2) is 37.1 Å². The molecule has 0 aliphatic heterocycles. The van der Waals surface area contributed by atoms with Crippen molar-refractivity contribution in [3.05, 3.63) is 0 Å². The maximum Gasteiger partial charge on any atom is 0.00103 e. The van der Waals surface area contributed by atoms with E-state index in [1.807, 2.05) is 0 Å². The van der Waals surface area contributed by atoms with Gasteiger partial charge in [-0.15, -0.1) is 0 Å². The molecule has 0 radical (unpaired) electrons. The second-order valence-corrected chi connectivity index (χ2v) is 5.75. The van der Waals surface area contributed by atoms with Crippen molar-refractivity contribution in [3.63, 3.8) is 0 Å². The first-order valence-electron chi connectivity index (χ1n) is 8.09. The Bertz CT molecular complexity index is 164. The highest BCUT2D eigenvalue weighted by molar-refractivity contribution is 4.63. The number of nitrogens with zero attached hydrogens (tertiary/aromatic N) is 1. The van der Waals surface area contributed by atoms with Crippen LogP contribution in [0.4, 0.5) is 0 Å². The molecular weight excluding hydrogens is 220 g/mol. The van der Waals surface area contributed by atoms with Gasteiger partial charge in [0.2, 0.25) is 0 Å². The molecule has 0 unspecified atom stereocenters. The molecule has 0 spiro atoms. The Hall–Kier alpha value is -0.0800. The van der Waals surface area contributed by atoms with Crippen LogP contribution in [0.25, 0.3) is 0 Å². The Morgan fingerprint density at radius 2 is 1.61 bits per heavy atom. The maximum atomic E-state index is 3.48. The van der Waals surface area contributed by atoms with Gasteiger partial charge >= 0.3 is 0 Å². The fourth-order valence-corrected chi connectivity index (χ4v) is 2.32. The normalized spacial score (nSPS) is 12.0. The Morgan fingerprint density at radius 3 is 2.11 bits per heavy atom. The van der Waals surface area contributed by atoms with Crippen LogP contribution in [0.5, 0.6) is 0 Å². The summed E-state index contributed by atoms with van der Waals surface area (Å²) in [6.07, 6.45) is 6.68. The van der Waals surface area contributed by atoms with Crippen LogP contribution in [0.15, 0.2) is 0 Å². The zero-order valence-electron chi connectivity index (χ0n) is 13.5. The van der Waals surface area contributed by atoms with Gasteiger partial charge in [0.1, 0.15) is 0 Å². The van der Waals surface area contributed by atoms with Crippen LogP contribution < -0.4 is 5.32 Å². The van der Waals surface area contributed by atoms with Crippen LogP contribution in [0, 0.1) is 5.92 Å². The van der Waals surface area contributed by atoms with Gasteiger partial charge in [-0.1, -0.05) is 53.9 Å². The van der Waals surface area contributed by atoms with Gasteiger partial charge < -0.3 is 10.2 Å². The van der Waals surface area contributed by atoms with Crippen molar-refractivity contribution in [2.75, 3.05) is 26.2 Å². The third-order valence-electron chi connectivity index (χ3n) is 3.82. The van der Waals surface area contributed by atoms with Crippen molar-refractivity contribution in [3.8, 4) is 0 Å². The Balaban J connectivity index is 3.55. The average molecular weight is 256 g/mol. The molecule has 1 N–H and O–H groups in total. The quantitative estimate of drug-likeness (QED) is 0.533. The first-order valence-corrected chi connectivity index (χ1v) is 8.09. The highest BCUT2D eigenvalue weighted by atomic mass is 15.1. The van der Waals surface area contributed by atoms with E-state index in [1.54, 1.807) is 0 Å². The van der Waals surface area contributed by atoms with Gasteiger partial charge in [-0.2, -0.15) is 0 Å². The van der Waals surface area contributed by atoms with E-state index in [0.29, 0.717) is 6.04 Å². The molecule has 0 saturated heterocycles. The third-order valence-corrected chi connectivity index (χ3v) is 3.82. The standard InChI is InChI=1S/C16H36N2/c1-6-16(7-2)14-18(8-3)13-11-9-10-12-17-15(4)5/h15-17H,6-14H2,1-5H3. The first kappa shape index (κ1) is 17.9. The second-order valence-electron chi connectivity index (χ2n) is 5.75. The molecule has 0 amide bonds. The lowest BCUT2D eigenvalue weighted by molar-refractivity contribution is 0.229. The predicted molar refractivity (Wildman–Crippen MR) is 83.2 cm³/mol. The summed E-state index contributed by atoms with van der Waals surface area (Å²) in [4.78, 5) is 2.63. The average Bonchev–Trinajstić information content (AvgIpc) is 2.37. The molecule has 2 heteroatoms. The molecule has 0 aromatic heterocycles. The summed E-state index contributed by atoms with van der Waals surface area (Å²) < 4.78 is 0. The molecule has 0 aliphatic carbocycles. The summed E-state index contributed by atoms with van der Waals surface area (Å²) in [5, 5.41) is 3.48. The molecule has 110 valence electrons. The summed E-state index contributed by atoms with van der Waals surface area (Å²) >= 11 is 0. The lowest BCUT2D eigenvalue weighted by Gasteiger charge is -2.25. The fraction of sp³-hybridized carbons (Fsp3) is 1.00. The van der Waals surface area contributed by atoms with Gasteiger partial charge in [-0.05, 0) is 38.4 Å². The van der Waals surface area contributed by atoms with Gasteiger partial charge in [0.05, 0.1) is 0 Å². The van der Waals surface area contributed by atoms with Crippen molar-refractivity contribution in [2.24, 2.45) is 5.92 Å². The molecular formula is C16H36N2. The summed E-state index contributed by atoms with van der Waals surface area (Å²) in [5.41, 5.74) is 0. The molecule has 0 atom stereocenters. The highest BCUT2D eigenvalue weighted by Gasteiger charge is 2.09. The number of unbranched alkanes of at least 4 members (excludes halogenated alkanes) is 2. The maximum absolute atomic E-state index is 3.48. The van der Waals surface area contributed by atoms with Gasteiger partial charge in [-0.3, -0.25) is 0 Å². The van der Waals surface area contributed by atoms with E-state index < -0.39 is 0 Å². The van der Waals surface area contributed by atoms with Crippen molar-refractivity contribution in [2.45, 2.75) is 72.8 Å². The van der Waals surface area contributed by atoms with E-state index in [0.717, 1.165) is 5.92 Å². The van der Waals surface area contributed by atoms with E-state index in [1.165, 1.54) is 58.3 Å². The molecule has 0 rings (SSSR count). The summed E-state index contributed by atoms with van der Waals surface area (Å²) in [5.74, 6) is 0.896. The van der Waals surface area contributed by atoms with E-state index in [-0.39, 0.29) is 0 Å². The minimum atomic E-state index is 0.631. The van der Waals surface area contributed by atoms with E-state index in [4.69, 9.17) is 0 Å². The number of nitrogens with one attached hydrogen (secondary N) is 1. The molecule has 0 fully saturated rings. The number of hydrogen-bond acceptors (Lipinski definition) is 2. The number of hydrogen-bond donors (Lipinski definition) is 1. The molecule has 0 aromatic carbocycles. The molecule has 0 heterocycles. The van der Waals surface area contributed by atoms with Crippen LogP contribution in [0.3, 0.4) is 0 Å². The monoisotopic (exact) mass is 256 g/mol. The molecule has 2 nitrogen and oxygen atoms in total. The molecule has 0 bridgehead atoms. The van der Waals surface area contributed by atoms with E-state index >= 15 is 0 Å². The van der Waals surface area contributed by atoms with Gasteiger partial charge in [0.15, 0.2) is 0 Å². The third kappa shape index (κ3) is 9.90. The predicted octanol–water partition coefficient (Wildman–Crippen LogP) is 3.91. The van der Waals surface area contributed by atoms with Crippen molar-refractivity contribution in [1.82, 2.24) is 10.2 Å². The SMILES string of the molecule is CCC(CC)CN(CC)CCCCCNC(C)C. The first-order chi connectivity index (χ1) is 8.63. The molecule has 0 saturated carbocycles. The van der Waals surface area contributed by atoms with Crippen LogP contribution >= 0.6 is 0 Å². The highest BCUT2D eigenvalue weighted by Crippen LogP contribution is 2.10. The van der Waals surface area contributed by atoms with Gasteiger partial charge in [0, 0.05) is 12.6 Å². The number of rotatable bonds is 12. The van der Waals surface area contributed by atoms with Crippen LogP contribution in [0.2, 0.25) is 0 Å². The van der Waals surface area contributed by atoms with E-state index in [9.17, 15) is 0 Å². The second kappa shape index (κ2) is 12.0. The minimum Gasteiger partial charge on any atom is -0.315 e. The fourth-order valence-electron chi connectivity index (χ4n) is 2.32. The van der Waals surface area contributed by atoms with E-state index in [2.05, 4.69) is 44.8 Å². The lowest BCUT2D eigenvalue weighted by Crippen LogP contribution is -2.30.